The van der Waals surface area contributed by atoms with Gasteiger partial charge in [-0.1, -0.05) is 29.8 Å². The Kier molecular flexibility index (Phi) is 6.50. The highest BCUT2D eigenvalue weighted by Crippen LogP contribution is 2.33. The number of hydrogen-bond acceptors (Lipinski definition) is 5. The first-order valence-corrected chi connectivity index (χ1v) is 11.2. The number of nitrogens with zero attached hydrogens (tertiary/aromatic N) is 3. The van der Waals surface area contributed by atoms with E-state index >= 15 is 0 Å². The van der Waals surface area contributed by atoms with E-state index in [4.69, 9.17) is 11.6 Å². The van der Waals surface area contributed by atoms with Crippen molar-refractivity contribution in [2.45, 2.75) is 13.0 Å². The Morgan fingerprint density at radius 3 is 2.45 bits per heavy atom. The molecule has 0 saturated carbocycles. The molecule has 6 nitrogen and oxygen atoms in total. The number of halogens is 1. The first kappa shape index (κ1) is 20.3. The highest BCUT2D eigenvalue weighted by Gasteiger charge is 2.28. The summed E-state index contributed by atoms with van der Waals surface area (Å²) in [6.45, 7) is 6.62. The molecule has 1 N–H and O–H groups in total. The molecule has 3 heterocycles. The van der Waals surface area contributed by atoms with Gasteiger partial charge in [-0.25, -0.2) is 4.79 Å². The van der Waals surface area contributed by atoms with E-state index in [9.17, 15) is 9.59 Å². The zero-order chi connectivity index (χ0) is 20.2. The van der Waals surface area contributed by atoms with Crippen molar-refractivity contribution in [1.29, 1.82) is 0 Å². The normalized spacial score (nSPS) is 18.4. The molecule has 2 aliphatic rings. The number of thiophene rings is 1. The van der Waals surface area contributed by atoms with Gasteiger partial charge in [-0.3, -0.25) is 14.6 Å². The monoisotopic (exact) mass is 432 g/mol. The topological polar surface area (TPSA) is 55.9 Å². The second-order valence-electron chi connectivity index (χ2n) is 7.42. The van der Waals surface area contributed by atoms with Gasteiger partial charge in [0.15, 0.2) is 0 Å². The number of rotatable bonds is 7. The van der Waals surface area contributed by atoms with Crippen LogP contribution in [-0.2, 0) is 11.3 Å². The summed E-state index contributed by atoms with van der Waals surface area (Å²) >= 11 is 8.13. The molecule has 0 radical (unpaired) electrons. The Balaban J connectivity index is 1.21. The van der Waals surface area contributed by atoms with Crippen molar-refractivity contribution < 1.29 is 9.59 Å². The van der Waals surface area contributed by atoms with Gasteiger partial charge in [0.2, 0.25) is 5.91 Å². The number of hydrogen-bond donors (Lipinski definition) is 1. The van der Waals surface area contributed by atoms with E-state index in [1.807, 2.05) is 29.5 Å². The van der Waals surface area contributed by atoms with Crippen molar-refractivity contribution in [2.75, 3.05) is 45.8 Å². The fourth-order valence-corrected chi connectivity index (χ4v) is 5.18. The second-order valence-corrected chi connectivity index (χ2v) is 9.00. The van der Waals surface area contributed by atoms with E-state index in [1.165, 1.54) is 14.7 Å². The minimum absolute atomic E-state index is 0.119. The zero-order valence-corrected chi connectivity index (χ0v) is 17.8. The number of amides is 3. The second kappa shape index (κ2) is 9.26. The standard InChI is InChI=1S/C21H25ClN4O2S/c22-18-5-2-1-4-17(18)19-7-6-16(29-19)15-25-12-10-24(11-13-25)8-3-9-26-20(27)14-23-21(26)28/h1-2,4-7H,3,8-15H2,(H,23,28). The highest BCUT2D eigenvalue weighted by atomic mass is 35.5. The summed E-state index contributed by atoms with van der Waals surface area (Å²) in [7, 11) is 0. The van der Waals surface area contributed by atoms with Crippen molar-refractivity contribution in [1.82, 2.24) is 20.0 Å². The van der Waals surface area contributed by atoms with Crippen LogP contribution in [-0.4, -0.2) is 72.5 Å². The third-order valence-corrected chi connectivity index (χ3v) is 6.87. The molecule has 2 saturated heterocycles. The molecular formula is C21H25ClN4O2S. The molecule has 0 spiro atoms. The molecule has 0 unspecified atom stereocenters. The lowest BCUT2D eigenvalue weighted by Gasteiger charge is -2.34. The molecule has 2 aromatic rings. The molecular weight excluding hydrogens is 408 g/mol. The lowest BCUT2D eigenvalue weighted by Crippen LogP contribution is -2.46. The summed E-state index contributed by atoms with van der Waals surface area (Å²) in [5, 5.41) is 3.36. The van der Waals surface area contributed by atoms with Crippen LogP contribution in [0.2, 0.25) is 5.02 Å². The van der Waals surface area contributed by atoms with Crippen LogP contribution in [0, 0.1) is 0 Å². The van der Waals surface area contributed by atoms with Gasteiger partial charge in [-0.05, 0) is 31.2 Å². The molecule has 4 rings (SSSR count). The Hall–Kier alpha value is -1.93. The van der Waals surface area contributed by atoms with Crippen LogP contribution in [0.1, 0.15) is 11.3 Å². The van der Waals surface area contributed by atoms with Crippen LogP contribution >= 0.6 is 22.9 Å². The van der Waals surface area contributed by atoms with Crippen molar-refractivity contribution in [2.24, 2.45) is 0 Å². The smallest absolute Gasteiger partial charge is 0.324 e. The van der Waals surface area contributed by atoms with Gasteiger partial charge in [0.1, 0.15) is 0 Å². The Morgan fingerprint density at radius 2 is 1.72 bits per heavy atom. The van der Waals surface area contributed by atoms with Crippen LogP contribution in [0.3, 0.4) is 0 Å². The van der Waals surface area contributed by atoms with E-state index in [0.717, 1.165) is 56.3 Å². The molecule has 3 amide bonds. The number of imide groups is 1. The van der Waals surface area contributed by atoms with Gasteiger partial charge < -0.3 is 10.2 Å². The molecule has 0 bridgehead atoms. The van der Waals surface area contributed by atoms with Crippen LogP contribution in [0.4, 0.5) is 4.79 Å². The number of carbonyl (C=O) groups excluding carboxylic acids is 2. The molecule has 1 aromatic carbocycles. The molecule has 0 aliphatic carbocycles. The summed E-state index contributed by atoms with van der Waals surface area (Å²) in [5.74, 6) is -0.119. The van der Waals surface area contributed by atoms with Gasteiger partial charge in [0.05, 0.1) is 6.54 Å². The third-order valence-electron chi connectivity index (χ3n) is 5.44. The number of urea groups is 1. The minimum atomic E-state index is -0.257. The summed E-state index contributed by atoms with van der Waals surface area (Å²) in [6, 6.07) is 12.1. The van der Waals surface area contributed by atoms with Crippen molar-refractivity contribution in [3.8, 4) is 10.4 Å². The zero-order valence-electron chi connectivity index (χ0n) is 16.3. The van der Waals surface area contributed by atoms with E-state index in [-0.39, 0.29) is 18.5 Å². The SMILES string of the molecule is O=C1CNC(=O)N1CCCN1CCN(Cc2ccc(-c3ccccc3Cl)s2)CC1. The average Bonchev–Trinajstić information content (AvgIpc) is 3.31. The van der Waals surface area contributed by atoms with Crippen molar-refractivity contribution in [3.63, 3.8) is 0 Å². The van der Waals surface area contributed by atoms with Crippen LogP contribution in [0.5, 0.6) is 0 Å². The third kappa shape index (κ3) is 4.98. The maximum atomic E-state index is 11.6. The first-order valence-electron chi connectivity index (χ1n) is 9.96. The van der Waals surface area contributed by atoms with Crippen molar-refractivity contribution >= 4 is 34.9 Å². The Morgan fingerprint density at radius 1 is 0.966 bits per heavy atom. The molecule has 154 valence electrons. The Bertz CT molecular complexity index is 863. The lowest BCUT2D eigenvalue weighted by atomic mass is 10.2. The molecule has 0 atom stereocenters. The summed E-state index contributed by atoms with van der Waals surface area (Å²) in [4.78, 5) is 32.0. The minimum Gasteiger partial charge on any atom is -0.329 e. The number of carbonyl (C=O) groups is 2. The quantitative estimate of drug-likeness (QED) is 0.683. The molecule has 29 heavy (non-hydrogen) atoms. The first-order chi connectivity index (χ1) is 14.1. The van der Waals surface area contributed by atoms with E-state index in [2.05, 4.69) is 33.3 Å². The average molecular weight is 433 g/mol. The lowest BCUT2D eigenvalue weighted by molar-refractivity contribution is -0.125. The maximum absolute atomic E-state index is 11.6. The maximum Gasteiger partial charge on any atom is 0.324 e. The van der Waals surface area contributed by atoms with Gasteiger partial charge >= 0.3 is 6.03 Å². The molecule has 2 fully saturated rings. The largest absolute Gasteiger partial charge is 0.329 e. The van der Waals surface area contributed by atoms with Gasteiger partial charge in [-0.2, -0.15) is 0 Å². The summed E-state index contributed by atoms with van der Waals surface area (Å²) < 4.78 is 0. The van der Waals surface area contributed by atoms with E-state index < -0.39 is 0 Å². The van der Waals surface area contributed by atoms with Gasteiger partial charge in [-0.15, -0.1) is 11.3 Å². The van der Waals surface area contributed by atoms with Crippen molar-refractivity contribution in [3.05, 3.63) is 46.3 Å². The van der Waals surface area contributed by atoms with Crippen LogP contribution in [0.25, 0.3) is 10.4 Å². The molecule has 2 aliphatic heterocycles. The van der Waals surface area contributed by atoms with Gasteiger partial charge in [0.25, 0.3) is 0 Å². The fourth-order valence-electron chi connectivity index (χ4n) is 3.79. The number of nitrogens with one attached hydrogen (secondary N) is 1. The number of benzene rings is 1. The van der Waals surface area contributed by atoms with Gasteiger partial charge in [0, 0.05) is 59.6 Å². The predicted octanol–water partition coefficient (Wildman–Crippen LogP) is 3.13. The predicted molar refractivity (Wildman–Crippen MR) is 116 cm³/mol. The van der Waals surface area contributed by atoms with E-state index in [1.54, 1.807) is 0 Å². The fraction of sp³-hybridized carbons (Fsp3) is 0.429. The Labute approximate surface area is 180 Å². The van der Waals surface area contributed by atoms with Crippen LogP contribution < -0.4 is 5.32 Å². The van der Waals surface area contributed by atoms with E-state index in [0.29, 0.717) is 6.54 Å². The summed E-state index contributed by atoms with van der Waals surface area (Å²) in [6.07, 6.45) is 0.825. The highest BCUT2D eigenvalue weighted by molar-refractivity contribution is 7.15. The van der Waals surface area contributed by atoms with Crippen LogP contribution in [0.15, 0.2) is 36.4 Å². The number of piperazine rings is 1. The molecule has 8 heteroatoms. The summed E-state index contributed by atoms with van der Waals surface area (Å²) in [5.41, 5.74) is 1.10. The molecule has 1 aromatic heterocycles.